The van der Waals surface area contributed by atoms with Crippen LogP contribution in [0.5, 0.6) is 0 Å². The third-order valence-electron chi connectivity index (χ3n) is 5.80. The minimum absolute atomic E-state index is 0.276. The van der Waals surface area contributed by atoms with E-state index in [1.807, 2.05) is 12.3 Å². The molecule has 0 amide bonds. The lowest BCUT2D eigenvalue weighted by atomic mass is 9.40. The number of hydrogen-bond acceptors (Lipinski definition) is 2. The van der Waals surface area contributed by atoms with E-state index in [9.17, 15) is 0 Å². The maximum Gasteiger partial charge on any atom is 0.113 e. The first-order chi connectivity index (χ1) is 8.91. The van der Waals surface area contributed by atoms with Crippen LogP contribution in [-0.2, 0) is 5.41 Å². The summed E-state index contributed by atoms with van der Waals surface area (Å²) in [6.07, 6.45) is 10.1. The number of nitrogens with one attached hydrogen (secondary N) is 1. The van der Waals surface area contributed by atoms with Crippen LogP contribution in [0.25, 0.3) is 0 Å². The van der Waals surface area contributed by atoms with Crippen molar-refractivity contribution < 1.29 is 0 Å². The van der Waals surface area contributed by atoms with Gasteiger partial charge < -0.3 is 4.98 Å². The van der Waals surface area contributed by atoms with Crippen molar-refractivity contribution in [3.05, 3.63) is 22.7 Å². The van der Waals surface area contributed by atoms with Gasteiger partial charge in [-0.05, 0) is 61.3 Å². The van der Waals surface area contributed by atoms with Gasteiger partial charge >= 0.3 is 0 Å². The number of aromatic nitrogens is 2. The highest BCUT2D eigenvalue weighted by Gasteiger charge is 2.61. The largest absolute Gasteiger partial charge is 0.334 e. The Kier molecular flexibility index (Phi) is 2.22. The second kappa shape index (κ2) is 3.49. The SMILES string of the molecule is CC12CC3CC(C)(C1)CC(c1nccc(=S)[nH]1)(C3)C2. The quantitative estimate of drug-likeness (QED) is 0.770. The van der Waals surface area contributed by atoms with Crippen LogP contribution in [0.1, 0.15) is 58.2 Å². The number of aromatic amines is 1. The highest BCUT2D eigenvalue weighted by atomic mass is 32.1. The van der Waals surface area contributed by atoms with Gasteiger partial charge in [0.2, 0.25) is 0 Å². The molecule has 2 nitrogen and oxygen atoms in total. The van der Waals surface area contributed by atoms with Gasteiger partial charge in [0, 0.05) is 11.6 Å². The Hall–Kier alpha value is -0.700. The van der Waals surface area contributed by atoms with Crippen LogP contribution < -0.4 is 0 Å². The summed E-state index contributed by atoms with van der Waals surface area (Å²) in [6, 6.07) is 1.89. The predicted octanol–water partition coefficient (Wildman–Crippen LogP) is 4.39. The fourth-order valence-corrected chi connectivity index (χ4v) is 6.51. The second-order valence-corrected chi connectivity index (χ2v) is 8.63. The van der Waals surface area contributed by atoms with Gasteiger partial charge in [-0.1, -0.05) is 26.1 Å². The molecular weight excluding hydrogens is 252 g/mol. The highest BCUT2D eigenvalue weighted by molar-refractivity contribution is 7.71. The van der Waals surface area contributed by atoms with E-state index >= 15 is 0 Å². The normalized spacial score (nSPS) is 47.6. The molecule has 0 aromatic carbocycles. The molecule has 1 heterocycles. The van der Waals surface area contributed by atoms with Crippen molar-refractivity contribution in [3.63, 3.8) is 0 Å². The van der Waals surface area contributed by atoms with Crippen LogP contribution in [0.2, 0.25) is 0 Å². The topological polar surface area (TPSA) is 28.7 Å². The molecule has 4 saturated carbocycles. The third-order valence-corrected chi connectivity index (χ3v) is 6.04. The lowest BCUT2D eigenvalue weighted by Gasteiger charge is -2.65. The van der Waals surface area contributed by atoms with Crippen LogP contribution >= 0.6 is 12.2 Å². The van der Waals surface area contributed by atoms with Crippen LogP contribution in [-0.4, -0.2) is 9.97 Å². The number of nitrogens with zero attached hydrogens (tertiary/aromatic N) is 1. The van der Waals surface area contributed by atoms with E-state index in [4.69, 9.17) is 12.2 Å². The van der Waals surface area contributed by atoms with E-state index < -0.39 is 0 Å². The van der Waals surface area contributed by atoms with Crippen molar-refractivity contribution in [3.8, 4) is 0 Å². The summed E-state index contributed by atoms with van der Waals surface area (Å²) in [5.41, 5.74) is 1.33. The van der Waals surface area contributed by atoms with E-state index in [2.05, 4.69) is 23.8 Å². The molecule has 19 heavy (non-hydrogen) atoms. The molecule has 0 saturated heterocycles. The van der Waals surface area contributed by atoms with Crippen LogP contribution in [0, 0.1) is 21.4 Å². The van der Waals surface area contributed by atoms with Crippen molar-refractivity contribution in [2.24, 2.45) is 16.7 Å². The Morgan fingerprint density at radius 3 is 2.42 bits per heavy atom. The standard InChI is InChI=1S/C16H22N2S/c1-14-5-11-6-15(2,8-14)10-16(7-11,9-14)13-17-4-3-12(19)18-13/h3-4,11H,5-10H2,1-2H3,(H,17,18,19). The molecule has 3 heteroatoms. The summed E-state index contributed by atoms with van der Waals surface area (Å²) >= 11 is 5.31. The summed E-state index contributed by atoms with van der Waals surface area (Å²) < 4.78 is 0.830. The van der Waals surface area contributed by atoms with E-state index in [1.54, 1.807) is 0 Å². The van der Waals surface area contributed by atoms with Gasteiger partial charge in [0.05, 0.1) is 0 Å². The van der Waals surface area contributed by atoms with Crippen molar-refractivity contribution >= 4 is 12.2 Å². The maximum atomic E-state index is 5.31. The Bertz CT molecular complexity index is 572. The van der Waals surface area contributed by atoms with Crippen LogP contribution in [0.15, 0.2) is 12.3 Å². The molecule has 1 aromatic rings. The third kappa shape index (κ3) is 1.74. The molecule has 2 unspecified atom stereocenters. The predicted molar refractivity (Wildman–Crippen MR) is 78.5 cm³/mol. The first-order valence-electron chi connectivity index (χ1n) is 7.46. The lowest BCUT2D eigenvalue weighted by Crippen LogP contribution is -2.57. The van der Waals surface area contributed by atoms with Crippen molar-refractivity contribution in [2.75, 3.05) is 0 Å². The molecule has 4 bridgehead atoms. The average molecular weight is 274 g/mol. The van der Waals surface area contributed by atoms with Crippen LogP contribution in [0.3, 0.4) is 0 Å². The van der Waals surface area contributed by atoms with E-state index in [0.717, 1.165) is 10.6 Å². The van der Waals surface area contributed by atoms with Crippen molar-refractivity contribution in [1.82, 2.24) is 9.97 Å². The Labute approximate surface area is 120 Å². The zero-order chi connectivity index (χ0) is 13.3. The van der Waals surface area contributed by atoms with Crippen molar-refractivity contribution in [2.45, 2.75) is 57.8 Å². The zero-order valence-corrected chi connectivity index (χ0v) is 12.6. The number of H-pyrrole nitrogens is 1. The summed E-state index contributed by atoms with van der Waals surface area (Å²) in [7, 11) is 0. The van der Waals surface area contributed by atoms with Gasteiger partial charge in [0.25, 0.3) is 0 Å². The molecule has 5 rings (SSSR count). The van der Waals surface area contributed by atoms with Gasteiger partial charge in [-0.3, -0.25) is 0 Å². The first kappa shape index (κ1) is 12.1. The van der Waals surface area contributed by atoms with Gasteiger partial charge in [-0.2, -0.15) is 0 Å². The van der Waals surface area contributed by atoms with Gasteiger partial charge in [0.1, 0.15) is 10.5 Å². The minimum Gasteiger partial charge on any atom is -0.334 e. The zero-order valence-electron chi connectivity index (χ0n) is 11.8. The van der Waals surface area contributed by atoms with Crippen LogP contribution in [0.4, 0.5) is 0 Å². The molecule has 102 valence electrons. The van der Waals surface area contributed by atoms with Gasteiger partial charge in [0.15, 0.2) is 0 Å². The summed E-state index contributed by atoms with van der Waals surface area (Å²) in [6.45, 7) is 5.00. The Balaban J connectivity index is 1.85. The van der Waals surface area contributed by atoms with Gasteiger partial charge in [-0.25, -0.2) is 4.98 Å². The smallest absolute Gasteiger partial charge is 0.113 e. The second-order valence-electron chi connectivity index (χ2n) is 8.19. The van der Waals surface area contributed by atoms with E-state index in [1.165, 1.54) is 44.3 Å². The maximum absolute atomic E-state index is 5.31. The summed E-state index contributed by atoms with van der Waals surface area (Å²) in [4.78, 5) is 8.07. The molecule has 0 spiro atoms. The molecule has 0 radical (unpaired) electrons. The Morgan fingerprint density at radius 1 is 1.16 bits per heavy atom. The van der Waals surface area contributed by atoms with Crippen molar-refractivity contribution in [1.29, 1.82) is 0 Å². The van der Waals surface area contributed by atoms with E-state index in [-0.39, 0.29) is 5.41 Å². The molecule has 4 aliphatic carbocycles. The van der Waals surface area contributed by atoms with E-state index in [0.29, 0.717) is 10.8 Å². The molecule has 4 aliphatic rings. The molecule has 1 N–H and O–H groups in total. The summed E-state index contributed by atoms with van der Waals surface area (Å²) in [5, 5.41) is 0. The fourth-order valence-electron chi connectivity index (χ4n) is 6.35. The average Bonchev–Trinajstić information content (AvgIpc) is 2.23. The number of rotatable bonds is 1. The van der Waals surface area contributed by atoms with Gasteiger partial charge in [-0.15, -0.1) is 0 Å². The molecule has 2 atom stereocenters. The molecular formula is C16H22N2S. The monoisotopic (exact) mass is 274 g/mol. The molecule has 4 fully saturated rings. The Morgan fingerprint density at radius 2 is 1.84 bits per heavy atom. The molecule has 0 aliphatic heterocycles. The summed E-state index contributed by atoms with van der Waals surface area (Å²) in [5.74, 6) is 2.07. The first-order valence-corrected chi connectivity index (χ1v) is 7.87. The lowest BCUT2D eigenvalue weighted by molar-refractivity contribution is -0.112. The molecule has 1 aromatic heterocycles. The number of hydrogen-bond donors (Lipinski definition) is 1. The highest BCUT2D eigenvalue weighted by Crippen LogP contribution is 2.69. The minimum atomic E-state index is 0.276. The fraction of sp³-hybridized carbons (Fsp3) is 0.750.